The van der Waals surface area contributed by atoms with Crippen molar-refractivity contribution in [3.8, 4) is 6.07 Å². The molecule has 0 amide bonds. The van der Waals surface area contributed by atoms with Crippen LogP contribution >= 0.6 is 0 Å². The molecular weight excluding hydrogens is 214 g/mol. The molecule has 88 valence electrons. The number of nitriles is 1. The Morgan fingerprint density at radius 2 is 2.24 bits per heavy atom. The van der Waals surface area contributed by atoms with Gasteiger partial charge in [-0.3, -0.25) is 5.01 Å². The molecule has 0 saturated heterocycles. The van der Waals surface area contributed by atoms with Crippen molar-refractivity contribution in [2.45, 2.75) is 13.8 Å². The first-order valence-electron chi connectivity index (χ1n) is 5.01. The van der Waals surface area contributed by atoms with Gasteiger partial charge in [-0.05, 0) is 31.6 Å². The van der Waals surface area contributed by atoms with Gasteiger partial charge in [0.25, 0.3) is 0 Å². The molecule has 1 heterocycles. The fraction of sp³-hybridized carbons (Fsp3) is 0.167. The second kappa shape index (κ2) is 5.14. The van der Waals surface area contributed by atoms with Crippen LogP contribution in [-0.4, -0.2) is 4.98 Å². The van der Waals surface area contributed by atoms with Gasteiger partial charge in [0.05, 0.1) is 11.3 Å². The van der Waals surface area contributed by atoms with Crippen molar-refractivity contribution >= 4 is 5.82 Å². The zero-order valence-electron chi connectivity index (χ0n) is 9.94. The lowest BCUT2D eigenvalue weighted by Crippen LogP contribution is -2.27. The number of rotatable bonds is 3. The fourth-order valence-corrected chi connectivity index (χ4v) is 1.39. The van der Waals surface area contributed by atoms with Crippen LogP contribution in [0.5, 0.6) is 0 Å². The van der Waals surface area contributed by atoms with Gasteiger partial charge in [-0.2, -0.15) is 5.26 Å². The van der Waals surface area contributed by atoms with Gasteiger partial charge in [-0.25, -0.2) is 10.8 Å². The SMILES string of the molecule is C=C/C(N)=C/N(N)c1cc(C)c(C#N)c(C)n1. The molecule has 1 rings (SSSR count). The van der Waals surface area contributed by atoms with Gasteiger partial charge in [0.1, 0.15) is 11.9 Å². The summed E-state index contributed by atoms with van der Waals surface area (Å²) in [7, 11) is 0. The molecule has 5 heteroatoms. The van der Waals surface area contributed by atoms with Crippen LogP contribution in [-0.2, 0) is 0 Å². The van der Waals surface area contributed by atoms with Crippen LogP contribution in [0.3, 0.4) is 0 Å². The molecule has 0 radical (unpaired) electrons. The van der Waals surface area contributed by atoms with Gasteiger partial charge < -0.3 is 5.73 Å². The van der Waals surface area contributed by atoms with Crippen molar-refractivity contribution in [1.82, 2.24) is 4.98 Å². The number of hydrogen-bond donors (Lipinski definition) is 2. The van der Waals surface area contributed by atoms with Gasteiger partial charge >= 0.3 is 0 Å². The predicted octanol–water partition coefficient (Wildman–Crippen LogP) is 1.24. The van der Waals surface area contributed by atoms with Crippen molar-refractivity contribution in [3.63, 3.8) is 0 Å². The first-order chi connectivity index (χ1) is 7.99. The van der Waals surface area contributed by atoms with E-state index < -0.39 is 0 Å². The highest BCUT2D eigenvalue weighted by molar-refractivity contribution is 5.51. The summed E-state index contributed by atoms with van der Waals surface area (Å²) in [5, 5.41) is 10.2. The van der Waals surface area contributed by atoms with E-state index >= 15 is 0 Å². The van der Waals surface area contributed by atoms with E-state index in [-0.39, 0.29) is 0 Å². The van der Waals surface area contributed by atoms with Gasteiger partial charge in [-0.15, -0.1) is 0 Å². The van der Waals surface area contributed by atoms with Crippen molar-refractivity contribution in [3.05, 3.63) is 47.4 Å². The van der Waals surface area contributed by atoms with E-state index in [4.69, 9.17) is 16.8 Å². The predicted molar refractivity (Wildman–Crippen MR) is 67.6 cm³/mol. The first-order valence-corrected chi connectivity index (χ1v) is 5.01. The summed E-state index contributed by atoms with van der Waals surface area (Å²) in [4.78, 5) is 4.24. The lowest BCUT2D eigenvalue weighted by Gasteiger charge is -2.15. The molecule has 5 nitrogen and oxygen atoms in total. The number of anilines is 1. The Balaban J connectivity index is 3.18. The summed E-state index contributed by atoms with van der Waals surface area (Å²) in [6, 6.07) is 3.84. The normalized spacial score (nSPS) is 10.8. The Bertz CT molecular complexity index is 487. The van der Waals surface area contributed by atoms with Crippen LogP contribution in [0.4, 0.5) is 5.82 Å². The Morgan fingerprint density at radius 1 is 1.59 bits per heavy atom. The zero-order valence-corrected chi connectivity index (χ0v) is 9.94. The van der Waals surface area contributed by atoms with Crippen LogP contribution in [0, 0.1) is 25.2 Å². The molecule has 1 aromatic rings. The number of nitrogens with two attached hydrogens (primary N) is 2. The second-order valence-corrected chi connectivity index (χ2v) is 3.61. The molecule has 0 aliphatic heterocycles. The molecule has 0 bridgehead atoms. The van der Waals surface area contributed by atoms with Crippen molar-refractivity contribution in [2.75, 3.05) is 5.01 Å². The van der Waals surface area contributed by atoms with E-state index in [1.54, 1.807) is 13.0 Å². The van der Waals surface area contributed by atoms with E-state index in [1.807, 2.05) is 6.92 Å². The van der Waals surface area contributed by atoms with E-state index in [0.29, 0.717) is 22.8 Å². The van der Waals surface area contributed by atoms with E-state index in [0.717, 1.165) is 5.56 Å². The fourth-order valence-electron chi connectivity index (χ4n) is 1.39. The Morgan fingerprint density at radius 3 is 2.71 bits per heavy atom. The van der Waals surface area contributed by atoms with Gasteiger partial charge in [0.15, 0.2) is 0 Å². The third kappa shape index (κ3) is 2.83. The Kier molecular flexibility index (Phi) is 3.86. The molecule has 17 heavy (non-hydrogen) atoms. The number of hydrogen-bond acceptors (Lipinski definition) is 5. The molecule has 0 aliphatic carbocycles. The minimum absolute atomic E-state index is 0.439. The summed E-state index contributed by atoms with van der Waals surface area (Å²) >= 11 is 0. The number of aromatic nitrogens is 1. The smallest absolute Gasteiger partial charge is 0.147 e. The van der Waals surface area contributed by atoms with Crippen LogP contribution in [0.2, 0.25) is 0 Å². The molecule has 0 aromatic carbocycles. The Hall–Kier alpha value is -2.32. The van der Waals surface area contributed by atoms with E-state index in [2.05, 4.69) is 17.6 Å². The summed E-state index contributed by atoms with van der Waals surface area (Å²) in [6.07, 6.45) is 3.00. The summed E-state index contributed by atoms with van der Waals surface area (Å²) < 4.78 is 0. The molecular formula is C12H15N5. The van der Waals surface area contributed by atoms with Crippen LogP contribution < -0.4 is 16.6 Å². The minimum atomic E-state index is 0.439. The molecule has 0 saturated carbocycles. The third-order valence-corrected chi connectivity index (χ3v) is 2.28. The highest BCUT2D eigenvalue weighted by Gasteiger charge is 2.08. The molecule has 4 N–H and O–H groups in total. The Labute approximate surface area is 101 Å². The van der Waals surface area contributed by atoms with Gasteiger partial charge in [0.2, 0.25) is 0 Å². The minimum Gasteiger partial charge on any atom is -0.398 e. The average molecular weight is 229 g/mol. The number of allylic oxidation sites excluding steroid dienone is 1. The summed E-state index contributed by atoms with van der Waals surface area (Å²) in [5.41, 5.74) is 8.07. The van der Waals surface area contributed by atoms with Crippen molar-refractivity contribution < 1.29 is 0 Å². The quantitative estimate of drug-likeness (QED) is 0.462. The largest absolute Gasteiger partial charge is 0.398 e. The van der Waals surface area contributed by atoms with E-state index in [9.17, 15) is 0 Å². The number of aryl methyl sites for hydroxylation is 2. The maximum atomic E-state index is 8.93. The lowest BCUT2D eigenvalue weighted by atomic mass is 10.1. The molecule has 1 aromatic heterocycles. The van der Waals surface area contributed by atoms with Crippen molar-refractivity contribution in [1.29, 1.82) is 5.26 Å². The molecule has 0 unspecified atom stereocenters. The van der Waals surface area contributed by atoms with Gasteiger partial charge in [-0.1, -0.05) is 6.58 Å². The molecule has 0 aliphatic rings. The highest BCUT2D eigenvalue weighted by atomic mass is 15.4. The summed E-state index contributed by atoms with van der Waals surface area (Å²) in [5.74, 6) is 6.32. The van der Waals surface area contributed by atoms with Gasteiger partial charge in [0, 0.05) is 11.9 Å². The first kappa shape index (κ1) is 12.7. The number of pyridine rings is 1. The highest BCUT2D eigenvalue weighted by Crippen LogP contribution is 2.17. The van der Waals surface area contributed by atoms with Crippen LogP contribution in [0.15, 0.2) is 30.6 Å². The number of hydrazine groups is 1. The topological polar surface area (TPSA) is 92.0 Å². The maximum absolute atomic E-state index is 8.93. The standard InChI is InChI=1S/C12H15N5/c1-4-10(14)7-17(15)12-5-8(2)11(6-13)9(3)16-12/h4-5,7H,1,14-15H2,2-3H3/b10-7-. The maximum Gasteiger partial charge on any atom is 0.147 e. The van der Waals surface area contributed by atoms with Crippen molar-refractivity contribution in [2.24, 2.45) is 11.6 Å². The number of nitrogens with zero attached hydrogens (tertiary/aromatic N) is 3. The van der Waals surface area contributed by atoms with Crippen LogP contribution in [0.25, 0.3) is 0 Å². The monoisotopic (exact) mass is 229 g/mol. The van der Waals surface area contributed by atoms with E-state index in [1.165, 1.54) is 17.3 Å². The lowest BCUT2D eigenvalue weighted by molar-refractivity contribution is 0.992. The second-order valence-electron chi connectivity index (χ2n) is 3.61. The van der Waals surface area contributed by atoms with Crippen LogP contribution in [0.1, 0.15) is 16.8 Å². The zero-order chi connectivity index (χ0) is 13.0. The molecule has 0 atom stereocenters. The summed E-state index contributed by atoms with van der Waals surface area (Å²) in [6.45, 7) is 7.14. The third-order valence-electron chi connectivity index (χ3n) is 2.28. The average Bonchev–Trinajstić information content (AvgIpc) is 2.28. The molecule has 0 fully saturated rings. The molecule has 0 spiro atoms.